The van der Waals surface area contributed by atoms with Gasteiger partial charge in [0, 0.05) is 24.8 Å². The van der Waals surface area contributed by atoms with Gasteiger partial charge >= 0.3 is 0 Å². The van der Waals surface area contributed by atoms with Crippen molar-refractivity contribution in [1.82, 2.24) is 4.90 Å². The van der Waals surface area contributed by atoms with Crippen LogP contribution in [0.2, 0.25) is 0 Å². The maximum absolute atomic E-state index is 3.57. The van der Waals surface area contributed by atoms with Crippen molar-refractivity contribution in [3.63, 3.8) is 0 Å². The van der Waals surface area contributed by atoms with Crippen LogP contribution in [0.1, 0.15) is 0 Å². The number of allylic oxidation sites excluding steroid dienone is 2. The number of rotatable bonds is 2. The van der Waals surface area contributed by atoms with Gasteiger partial charge in [0.15, 0.2) is 0 Å². The van der Waals surface area contributed by atoms with Crippen molar-refractivity contribution < 1.29 is 0 Å². The second-order valence-corrected chi connectivity index (χ2v) is 2.60. The Morgan fingerprint density at radius 3 is 2.25 bits per heavy atom. The highest BCUT2D eigenvalue weighted by atomic mass is 79.9. The summed E-state index contributed by atoms with van der Waals surface area (Å²) in [7, 11) is 3.93. The van der Waals surface area contributed by atoms with Crippen molar-refractivity contribution in [3.8, 4) is 0 Å². The van der Waals surface area contributed by atoms with E-state index in [1.54, 1.807) is 6.08 Å². The van der Waals surface area contributed by atoms with E-state index in [4.69, 9.17) is 0 Å². The highest BCUT2D eigenvalue weighted by molar-refractivity contribution is 9.11. The third-order valence-electron chi connectivity index (χ3n) is 0.577. The van der Waals surface area contributed by atoms with E-state index in [9.17, 15) is 0 Å². The molecular weight excluding hydrogens is 166 g/mol. The molecule has 0 amide bonds. The molecule has 0 N–H and O–H groups in total. The number of hydrogen-bond acceptors (Lipinski definition) is 1. The van der Waals surface area contributed by atoms with E-state index in [1.807, 2.05) is 25.2 Å². The average Bonchev–Trinajstić information content (AvgIpc) is 1.65. The fraction of sp³-hybridized carbons (Fsp3) is 0.333. The van der Waals surface area contributed by atoms with E-state index in [1.165, 1.54) is 0 Å². The zero-order chi connectivity index (χ0) is 6.57. The van der Waals surface area contributed by atoms with Crippen LogP contribution in [-0.2, 0) is 0 Å². The van der Waals surface area contributed by atoms with Crippen LogP contribution in [0.4, 0.5) is 0 Å². The van der Waals surface area contributed by atoms with Gasteiger partial charge in [-0.1, -0.05) is 12.7 Å². The molecule has 0 aromatic carbocycles. The first-order valence-electron chi connectivity index (χ1n) is 2.33. The SMILES string of the molecule is C=C/C(Br)=C\N(C)C. The maximum atomic E-state index is 3.57. The molecule has 0 unspecified atom stereocenters. The van der Waals surface area contributed by atoms with Crippen molar-refractivity contribution >= 4 is 15.9 Å². The van der Waals surface area contributed by atoms with Crippen LogP contribution < -0.4 is 0 Å². The molecule has 8 heavy (non-hydrogen) atoms. The molecule has 0 atom stereocenters. The van der Waals surface area contributed by atoms with Crippen LogP contribution in [0, 0.1) is 0 Å². The second kappa shape index (κ2) is 3.72. The molecular formula is C6H10BrN. The molecule has 0 radical (unpaired) electrons. The van der Waals surface area contributed by atoms with Crippen LogP contribution in [0.5, 0.6) is 0 Å². The lowest BCUT2D eigenvalue weighted by Gasteiger charge is -2.02. The lowest BCUT2D eigenvalue weighted by atomic mass is 10.6. The highest BCUT2D eigenvalue weighted by Crippen LogP contribution is 2.04. The lowest BCUT2D eigenvalue weighted by molar-refractivity contribution is 0.563. The molecule has 0 aromatic heterocycles. The summed E-state index contributed by atoms with van der Waals surface area (Å²) in [4.78, 5) is 1.95. The molecule has 1 nitrogen and oxygen atoms in total. The van der Waals surface area contributed by atoms with Crippen molar-refractivity contribution in [1.29, 1.82) is 0 Å². The molecule has 0 spiro atoms. The number of halogens is 1. The Bertz CT molecular complexity index is 105. The summed E-state index contributed by atoms with van der Waals surface area (Å²) in [5.41, 5.74) is 0. The van der Waals surface area contributed by atoms with E-state index in [-0.39, 0.29) is 0 Å². The second-order valence-electron chi connectivity index (χ2n) is 1.68. The topological polar surface area (TPSA) is 3.24 Å². The quantitative estimate of drug-likeness (QED) is 0.581. The predicted octanol–water partition coefficient (Wildman–Crippen LogP) is 1.97. The first kappa shape index (κ1) is 7.76. The normalized spacial score (nSPS) is 11.1. The summed E-state index contributed by atoms with van der Waals surface area (Å²) in [5, 5.41) is 0. The van der Waals surface area contributed by atoms with Crippen LogP contribution >= 0.6 is 15.9 Å². The van der Waals surface area contributed by atoms with Gasteiger partial charge in [0.05, 0.1) is 0 Å². The Kier molecular flexibility index (Phi) is 3.61. The third-order valence-corrected chi connectivity index (χ3v) is 1.11. The Hall–Kier alpha value is -0.240. The summed E-state index contributed by atoms with van der Waals surface area (Å²) < 4.78 is 1.00. The van der Waals surface area contributed by atoms with E-state index >= 15 is 0 Å². The van der Waals surface area contributed by atoms with Crippen LogP contribution in [0.3, 0.4) is 0 Å². The van der Waals surface area contributed by atoms with Gasteiger partial charge in [-0.15, -0.1) is 0 Å². The molecule has 0 fully saturated rings. The van der Waals surface area contributed by atoms with Gasteiger partial charge in [0.1, 0.15) is 0 Å². The van der Waals surface area contributed by atoms with Crippen molar-refractivity contribution in [2.45, 2.75) is 0 Å². The molecule has 0 aliphatic rings. The maximum Gasteiger partial charge on any atom is 0.0327 e. The zero-order valence-corrected chi connectivity index (χ0v) is 6.77. The standard InChI is InChI=1S/C6H10BrN/c1-4-6(7)5-8(2)3/h4-5H,1H2,2-3H3/b6-5+. The Labute approximate surface area is 58.8 Å². The fourth-order valence-corrected chi connectivity index (χ4v) is 0.709. The molecule has 46 valence electrons. The monoisotopic (exact) mass is 175 g/mol. The Balaban J connectivity index is 3.74. The number of nitrogens with zero attached hydrogens (tertiary/aromatic N) is 1. The minimum atomic E-state index is 1.00. The van der Waals surface area contributed by atoms with E-state index in [0.29, 0.717) is 0 Å². The summed E-state index contributed by atoms with van der Waals surface area (Å²) in [6, 6.07) is 0. The lowest BCUT2D eigenvalue weighted by Crippen LogP contribution is -2.00. The minimum Gasteiger partial charge on any atom is -0.383 e. The summed E-state index contributed by atoms with van der Waals surface area (Å²) >= 11 is 3.28. The van der Waals surface area contributed by atoms with Crippen molar-refractivity contribution in [2.24, 2.45) is 0 Å². The summed E-state index contributed by atoms with van der Waals surface area (Å²) in [5.74, 6) is 0. The van der Waals surface area contributed by atoms with E-state index in [2.05, 4.69) is 22.5 Å². The van der Waals surface area contributed by atoms with Crippen molar-refractivity contribution in [2.75, 3.05) is 14.1 Å². The smallest absolute Gasteiger partial charge is 0.0327 e. The van der Waals surface area contributed by atoms with Crippen LogP contribution in [-0.4, -0.2) is 19.0 Å². The van der Waals surface area contributed by atoms with Gasteiger partial charge in [0.25, 0.3) is 0 Å². The van der Waals surface area contributed by atoms with E-state index in [0.717, 1.165) is 4.48 Å². The summed E-state index contributed by atoms with van der Waals surface area (Å²) in [6.45, 7) is 3.57. The molecule has 0 aliphatic carbocycles. The molecule has 0 bridgehead atoms. The molecule has 0 saturated carbocycles. The van der Waals surface area contributed by atoms with E-state index < -0.39 is 0 Å². The van der Waals surface area contributed by atoms with Gasteiger partial charge in [-0.25, -0.2) is 0 Å². The first-order valence-corrected chi connectivity index (χ1v) is 3.12. The van der Waals surface area contributed by atoms with Crippen LogP contribution in [0.15, 0.2) is 23.3 Å². The molecule has 0 heterocycles. The zero-order valence-electron chi connectivity index (χ0n) is 5.19. The van der Waals surface area contributed by atoms with Gasteiger partial charge in [-0.05, 0) is 15.9 Å². The first-order chi connectivity index (χ1) is 3.66. The van der Waals surface area contributed by atoms with Gasteiger partial charge in [0.2, 0.25) is 0 Å². The van der Waals surface area contributed by atoms with Crippen LogP contribution in [0.25, 0.3) is 0 Å². The number of hydrogen-bond donors (Lipinski definition) is 0. The Morgan fingerprint density at radius 2 is 2.12 bits per heavy atom. The molecule has 0 aliphatic heterocycles. The van der Waals surface area contributed by atoms with Crippen molar-refractivity contribution in [3.05, 3.63) is 23.3 Å². The largest absolute Gasteiger partial charge is 0.383 e. The average molecular weight is 176 g/mol. The molecule has 0 aromatic rings. The van der Waals surface area contributed by atoms with Gasteiger partial charge < -0.3 is 4.90 Å². The van der Waals surface area contributed by atoms with Gasteiger partial charge in [-0.3, -0.25) is 0 Å². The molecule has 0 saturated heterocycles. The molecule has 2 heteroatoms. The third kappa shape index (κ3) is 3.93. The minimum absolute atomic E-state index is 1.00. The molecule has 0 rings (SSSR count). The Morgan fingerprint density at radius 1 is 1.62 bits per heavy atom. The fourth-order valence-electron chi connectivity index (χ4n) is 0.299. The summed E-state index contributed by atoms with van der Waals surface area (Å²) in [6.07, 6.45) is 3.69. The van der Waals surface area contributed by atoms with Gasteiger partial charge in [-0.2, -0.15) is 0 Å². The predicted molar refractivity (Wildman–Crippen MR) is 40.9 cm³/mol. The highest BCUT2D eigenvalue weighted by Gasteiger charge is 1.80.